The van der Waals surface area contributed by atoms with Crippen LogP contribution in [-0.4, -0.2) is 44.3 Å². The summed E-state index contributed by atoms with van der Waals surface area (Å²) in [4.78, 5) is 25.8. The fourth-order valence-corrected chi connectivity index (χ4v) is 1.83. The lowest BCUT2D eigenvalue weighted by Crippen LogP contribution is -2.36. The molecule has 0 bridgehead atoms. The Labute approximate surface area is 112 Å². The van der Waals surface area contributed by atoms with Gasteiger partial charge in [0.05, 0.1) is 17.3 Å². The molecule has 0 aromatic heterocycles. The smallest absolute Gasteiger partial charge is 0.241 e. The Kier molecular flexibility index (Phi) is 5.16. The predicted octanol–water partition coefficient (Wildman–Crippen LogP) is 2.07. The molecule has 0 aliphatic heterocycles. The predicted molar refractivity (Wildman–Crippen MR) is 73.4 cm³/mol. The van der Waals surface area contributed by atoms with Crippen LogP contribution < -0.4 is 4.90 Å². The molecule has 0 fully saturated rings. The van der Waals surface area contributed by atoms with Gasteiger partial charge in [-0.15, -0.1) is 0 Å². The first-order valence-corrected chi connectivity index (χ1v) is 6.07. The zero-order valence-corrected chi connectivity index (χ0v) is 11.6. The summed E-state index contributed by atoms with van der Waals surface area (Å²) in [6.45, 7) is 2.89. The molecule has 0 aliphatic rings. The Bertz CT molecular complexity index is 447. The molecule has 5 heteroatoms. The number of amides is 1. The van der Waals surface area contributed by atoms with Crippen LogP contribution in [0.15, 0.2) is 18.2 Å². The maximum Gasteiger partial charge on any atom is 0.241 e. The number of carbonyl (C=O) groups excluding carboxylic acids is 2. The maximum atomic E-state index is 11.7. The second kappa shape index (κ2) is 6.40. The van der Waals surface area contributed by atoms with Crippen molar-refractivity contribution in [2.75, 3.05) is 32.1 Å². The summed E-state index contributed by atoms with van der Waals surface area (Å²) >= 11 is 6.12. The lowest BCUT2D eigenvalue weighted by Gasteiger charge is -2.25. The van der Waals surface area contributed by atoms with Crippen LogP contribution in [0.2, 0.25) is 5.02 Å². The zero-order valence-electron chi connectivity index (χ0n) is 10.8. The molecule has 0 aliphatic carbocycles. The first kappa shape index (κ1) is 14.5. The molecule has 0 saturated heterocycles. The van der Waals surface area contributed by atoms with Crippen molar-refractivity contribution in [2.24, 2.45) is 0 Å². The number of rotatable bonds is 5. The number of carbonyl (C=O) groups is 2. The van der Waals surface area contributed by atoms with Gasteiger partial charge in [0.25, 0.3) is 0 Å². The molecular weight excluding hydrogens is 252 g/mol. The van der Waals surface area contributed by atoms with Crippen molar-refractivity contribution in [3.8, 4) is 0 Å². The quantitative estimate of drug-likeness (QED) is 0.768. The van der Waals surface area contributed by atoms with E-state index in [0.717, 1.165) is 12.0 Å². The minimum Gasteiger partial charge on any atom is -0.361 e. The highest BCUT2D eigenvalue weighted by atomic mass is 35.5. The van der Waals surface area contributed by atoms with E-state index < -0.39 is 0 Å². The van der Waals surface area contributed by atoms with Gasteiger partial charge in [-0.3, -0.25) is 9.59 Å². The minimum absolute atomic E-state index is 0.00683. The Balaban J connectivity index is 2.95. The molecule has 1 amide bonds. The van der Waals surface area contributed by atoms with Gasteiger partial charge in [-0.25, -0.2) is 0 Å². The fourth-order valence-electron chi connectivity index (χ4n) is 1.52. The molecule has 0 atom stereocenters. The van der Waals surface area contributed by atoms with Crippen LogP contribution in [0.3, 0.4) is 0 Å². The van der Waals surface area contributed by atoms with Crippen LogP contribution in [0.1, 0.15) is 17.3 Å². The molecule has 0 heterocycles. The zero-order chi connectivity index (χ0) is 13.7. The van der Waals surface area contributed by atoms with Crippen LogP contribution in [0.4, 0.5) is 5.69 Å². The molecule has 1 aromatic carbocycles. The first-order valence-electron chi connectivity index (χ1n) is 5.69. The van der Waals surface area contributed by atoms with E-state index in [0.29, 0.717) is 17.1 Å². The molecule has 18 heavy (non-hydrogen) atoms. The van der Waals surface area contributed by atoms with Gasteiger partial charge in [0.2, 0.25) is 5.91 Å². The number of aldehydes is 1. The number of nitrogens with zero attached hydrogens (tertiary/aromatic N) is 2. The van der Waals surface area contributed by atoms with E-state index in [9.17, 15) is 9.59 Å². The molecule has 98 valence electrons. The highest BCUT2D eigenvalue weighted by Crippen LogP contribution is 2.26. The fraction of sp³-hybridized carbons (Fsp3) is 0.385. The van der Waals surface area contributed by atoms with E-state index in [1.807, 2.05) is 11.8 Å². The van der Waals surface area contributed by atoms with E-state index in [-0.39, 0.29) is 12.5 Å². The van der Waals surface area contributed by atoms with E-state index in [1.165, 1.54) is 4.90 Å². The van der Waals surface area contributed by atoms with Crippen molar-refractivity contribution in [3.05, 3.63) is 28.8 Å². The molecule has 0 saturated carbocycles. The summed E-state index contributed by atoms with van der Waals surface area (Å²) in [5.74, 6) is 0.00683. The second-order valence-corrected chi connectivity index (χ2v) is 4.54. The monoisotopic (exact) mass is 268 g/mol. The molecule has 0 N–H and O–H groups in total. The summed E-state index contributed by atoms with van der Waals surface area (Å²) in [5.41, 5.74) is 1.29. The van der Waals surface area contributed by atoms with Crippen molar-refractivity contribution >= 4 is 29.5 Å². The third-order valence-corrected chi connectivity index (χ3v) is 2.96. The van der Waals surface area contributed by atoms with Crippen molar-refractivity contribution in [2.45, 2.75) is 6.92 Å². The van der Waals surface area contributed by atoms with Gasteiger partial charge in [-0.2, -0.15) is 0 Å². The average Bonchev–Trinajstić information content (AvgIpc) is 2.35. The summed E-state index contributed by atoms with van der Waals surface area (Å²) in [7, 11) is 3.43. The topological polar surface area (TPSA) is 40.6 Å². The Hall–Kier alpha value is -1.55. The van der Waals surface area contributed by atoms with Crippen molar-refractivity contribution in [1.29, 1.82) is 0 Å². The normalized spacial score (nSPS) is 10.0. The molecular formula is C13H17ClN2O2. The van der Waals surface area contributed by atoms with Gasteiger partial charge in [0.15, 0.2) is 0 Å². The number of benzene rings is 1. The van der Waals surface area contributed by atoms with Crippen LogP contribution in [0.5, 0.6) is 0 Å². The molecule has 1 aromatic rings. The van der Waals surface area contributed by atoms with E-state index in [1.54, 1.807) is 32.3 Å². The number of hydrogen-bond donors (Lipinski definition) is 0. The van der Waals surface area contributed by atoms with Crippen LogP contribution in [-0.2, 0) is 4.79 Å². The summed E-state index contributed by atoms with van der Waals surface area (Å²) in [5, 5.41) is 0.480. The van der Waals surface area contributed by atoms with E-state index >= 15 is 0 Å². The average molecular weight is 269 g/mol. The van der Waals surface area contributed by atoms with Crippen molar-refractivity contribution in [1.82, 2.24) is 4.90 Å². The maximum absolute atomic E-state index is 11.7. The van der Waals surface area contributed by atoms with Crippen molar-refractivity contribution in [3.63, 3.8) is 0 Å². The van der Waals surface area contributed by atoms with Crippen LogP contribution >= 0.6 is 11.6 Å². The molecule has 0 radical (unpaired) electrons. The SMILES string of the molecule is CCN(CC(=O)N(C)C)c1ccc(C=O)cc1Cl. The third-order valence-electron chi connectivity index (χ3n) is 2.66. The second-order valence-electron chi connectivity index (χ2n) is 4.13. The number of likely N-dealkylation sites (N-methyl/N-ethyl adjacent to an activating group) is 2. The van der Waals surface area contributed by atoms with Crippen LogP contribution in [0, 0.1) is 0 Å². The van der Waals surface area contributed by atoms with Crippen LogP contribution in [0.25, 0.3) is 0 Å². The lowest BCUT2D eigenvalue weighted by atomic mass is 10.2. The van der Waals surface area contributed by atoms with Gasteiger partial charge in [-0.05, 0) is 25.1 Å². The van der Waals surface area contributed by atoms with Crippen molar-refractivity contribution < 1.29 is 9.59 Å². The lowest BCUT2D eigenvalue weighted by molar-refractivity contribution is -0.127. The number of anilines is 1. The Morgan fingerprint density at radius 3 is 2.50 bits per heavy atom. The van der Waals surface area contributed by atoms with E-state index in [2.05, 4.69) is 0 Å². The molecule has 0 unspecified atom stereocenters. The van der Waals surface area contributed by atoms with Gasteiger partial charge in [-0.1, -0.05) is 11.6 Å². The molecule has 0 spiro atoms. The largest absolute Gasteiger partial charge is 0.361 e. The van der Waals surface area contributed by atoms with Gasteiger partial charge in [0.1, 0.15) is 6.29 Å². The standard InChI is InChI=1S/C13H17ClN2O2/c1-4-16(8-13(18)15(2)3)12-6-5-10(9-17)7-11(12)14/h5-7,9H,4,8H2,1-3H3. The Morgan fingerprint density at radius 2 is 2.06 bits per heavy atom. The highest BCUT2D eigenvalue weighted by Gasteiger charge is 2.14. The highest BCUT2D eigenvalue weighted by molar-refractivity contribution is 6.33. The summed E-state index contributed by atoms with van der Waals surface area (Å²) in [6.07, 6.45) is 0.747. The molecule has 1 rings (SSSR count). The van der Waals surface area contributed by atoms with Gasteiger partial charge >= 0.3 is 0 Å². The van der Waals surface area contributed by atoms with Gasteiger partial charge in [0, 0.05) is 26.2 Å². The third kappa shape index (κ3) is 3.47. The first-order chi connectivity index (χ1) is 8.49. The summed E-state index contributed by atoms with van der Waals surface area (Å²) in [6, 6.07) is 5.06. The number of halogens is 1. The van der Waals surface area contributed by atoms with E-state index in [4.69, 9.17) is 11.6 Å². The van der Waals surface area contributed by atoms with Gasteiger partial charge < -0.3 is 9.80 Å². The summed E-state index contributed by atoms with van der Waals surface area (Å²) < 4.78 is 0. The molecule has 4 nitrogen and oxygen atoms in total. The minimum atomic E-state index is 0.00683. The Morgan fingerprint density at radius 1 is 1.39 bits per heavy atom. The number of hydrogen-bond acceptors (Lipinski definition) is 3.